The third-order valence-electron chi connectivity index (χ3n) is 2.60. The van der Waals surface area contributed by atoms with Crippen molar-refractivity contribution in [1.82, 2.24) is 4.98 Å². The van der Waals surface area contributed by atoms with E-state index in [0.717, 1.165) is 24.2 Å². The van der Waals surface area contributed by atoms with Gasteiger partial charge in [-0.2, -0.15) is 0 Å². The Bertz CT molecular complexity index is 669. The Morgan fingerprint density at radius 1 is 1.21 bits per heavy atom. The van der Waals surface area contributed by atoms with E-state index < -0.39 is 15.8 Å². The van der Waals surface area contributed by atoms with Crippen LogP contribution in [0.4, 0.5) is 10.1 Å². The van der Waals surface area contributed by atoms with E-state index in [9.17, 15) is 12.8 Å². The Labute approximate surface area is 111 Å². The smallest absolute Gasteiger partial charge is 0.261 e. The van der Waals surface area contributed by atoms with Crippen molar-refractivity contribution in [3.05, 3.63) is 54.1 Å². The van der Waals surface area contributed by atoms with Crippen LogP contribution >= 0.6 is 0 Å². The number of hydrogen-bond acceptors (Lipinski definition) is 3. The molecule has 1 N–H and O–H groups in total. The number of nitrogens with one attached hydrogen (secondary N) is 1. The average Bonchev–Trinajstić information content (AvgIpc) is 2.38. The SMILES string of the molecule is CCc1ccc(S(=O)(=O)Nc2cncc(F)c2)cc1. The highest BCUT2D eigenvalue weighted by Crippen LogP contribution is 2.16. The van der Waals surface area contributed by atoms with Crippen LogP contribution in [0.25, 0.3) is 0 Å². The van der Waals surface area contributed by atoms with Gasteiger partial charge in [-0.25, -0.2) is 12.8 Å². The summed E-state index contributed by atoms with van der Waals surface area (Å²) < 4.78 is 39.3. The lowest BCUT2D eigenvalue weighted by Crippen LogP contribution is -2.13. The summed E-state index contributed by atoms with van der Waals surface area (Å²) in [6.45, 7) is 1.99. The van der Waals surface area contributed by atoms with Crippen molar-refractivity contribution >= 4 is 15.7 Å². The number of pyridine rings is 1. The van der Waals surface area contributed by atoms with Crippen LogP contribution in [0.3, 0.4) is 0 Å². The van der Waals surface area contributed by atoms with Crippen molar-refractivity contribution in [2.75, 3.05) is 4.72 Å². The quantitative estimate of drug-likeness (QED) is 0.936. The zero-order valence-electron chi connectivity index (χ0n) is 10.3. The van der Waals surface area contributed by atoms with E-state index in [0.29, 0.717) is 0 Å². The van der Waals surface area contributed by atoms with Gasteiger partial charge in [0.15, 0.2) is 0 Å². The van der Waals surface area contributed by atoms with Crippen molar-refractivity contribution in [2.45, 2.75) is 18.2 Å². The maximum absolute atomic E-state index is 12.9. The van der Waals surface area contributed by atoms with Gasteiger partial charge in [-0.15, -0.1) is 0 Å². The van der Waals surface area contributed by atoms with Crippen LogP contribution < -0.4 is 4.72 Å². The molecule has 0 saturated carbocycles. The summed E-state index contributed by atoms with van der Waals surface area (Å²) >= 11 is 0. The Hall–Kier alpha value is -1.95. The standard InChI is InChI=1S/C13H13FN2O2S/c1-2-10-3-5-13(6-4-10)19(17,18)16-12-7-11(14)8-15-9-12/h3-9,16H,2H2,1H3. The Morgan fingerprint density at radius 2 is 1.89 bits per heavy atom. The highest BCUT2D eigenvalue weighted by atomic mass is 32.2. The van der Waals surface area contributed by atoms with Crippen LogP contribution in [0.1, 0.15) is 12.5 Å². The van der Waals surface area contributed by atoms with Crippen LogP contribution in [-0.2, 0) is 16.4 Å². The first kappa shape index (κ1) is 13.5. The maximum atomic E-state index is 12.9. The van der Waals surface area contributed by atoms with Gasteiger partial charge >= 0.3 is 0 Å². The maximum Gasteiger partial charge on any atom is 0.261 e. The number of hydrogen-bond donors (Lipinski definition) is 1. The van der Waals surface area contributed by atoms with Gasteiger partial charge in [-0.05, 0) is 24.1 Å². The molecule has 0 radical (unpaired) electrons. The molecule has 0 unspecified atom stereocenters. The summed E-state index contributed by atoms with van der Waals surface area (Å²) in [6, 6.07) is 7.61. The zero-order valence-corrected chi connectivity index (χ0v) is 11.1. The summed E-state index contributed by atoms with van der Waals surface area (Å²) in [5.74, 6) is -0.596. The molecule has 1 heterocycles. The number of aryl methyl sites for hydroxylation is 1. The lowest BCUT2D eigenvalue weighted by Gasteiger charge is -2.08. The first-order chi connectivity index (χ1) is 9.01. The van der Waals surface area contributed by atoms with E-state index in [1.807, 2.05) is 6.92 Å². The molecule has 100 valence electrons. The topological polar surface area (TPSA) is 59.1 Å². The monoisotopic (exact) mass is 280 g/mol. The van der Waals surface area contributed by atoms with E-state index in [1.165, 1.54) is 18.3 Å². The molecule has 2 rings (SSSR count). The minimum atomic E-state index is -3.71. The second-order valence-corrected chi connectivity index (χ2v) is 5.68. The predicted octanol–water partition coefficient (Wildman–Crippen LogP) is 2.58. The van der Waals surface area contributed by atoms with Crippen LogP contribution in [0.2, 0.25) is 0 Å². The Morgan fingerprint density at radius 3 is 2.47 bits per heavy atom. The van der Waals surface area contributed by atoms with E-state index in [1.54, 1.807) is 12.1 Å². The summed E-state index contributed by atoms with van der Waals surface area (Å²) in [4.78, 5) is 3.72. The molecule has 0 amide bonds. The molecule has 19 heavy (non-hydrogen) atoms. The van der Waals surface area contributed by atoms with Gasteiger partial charge in [0, 0.05) is 6.07 Å². The molecule has 0 fully saturated rings. The lowest BCUT2D eigenvalue weighted by atomic mass is 10.2. The fourth-order valence-corrected chi connectivity index (χ4v) is 2.62. The third kappa shape index (κ3) is 3.29. The molecular formula is C13H13FN2O2S. The van der Waals surface area contributed by atoms with E-state index >= 15 is 0 Å². The average molecular weight is 280 g/mol. The highest BCUT2D eigenvalue weighted by Gasteiger charge is 2.14. The van der Waals surface area contributed by atoms with Gasteiger partial charge in [0.25, 0.3) is 10.0 Å². The molecule has 2 aromatic rings. The summed E-state index contributed by atoms with van der Waals surface area (Å²) in [6.07, 6.45) is 3.09. The number of nitrogens with zero attached hydrogens (tertiary/aromatic N) is 1. The van der Waals surface area contributed by atoms with Crippen LogP contribution in [-0.4, -0.2) is 13.4 Å². The van der Waals surface area contributed by atoms with Crippen LogP contribution in [0, 0.1) is 5.82 Å². The molecule has 0 aliphatic heterocycles. The first-order valence-electron chi connectivity index (χ1n) is 5.73. The van der Waals surface area contributed by atoms with Gasteiger partial charge in [-0.3, -0.25) is 9.71 Å². The van der Waals surface area contributed by atoms with Crippen LogP contribution in [0.15, 0.2) is 47.6 Å². The van der Waals surface area contributed by atoms with Gasteiger partial charge in [0.05, 0.1) is 23.0 Å². The molecule has 0 bridgehead atoms. The normalized spacial score (nSPS) is 11.3. The van der Waals surface area contributed by atoms with E-state index in [-0.39, 0.29) is 10.6 Å². The lowest BCUT2D eigenvalue weighted by molar-refractivity contribution is 0.601. The number of halogens is 1. The van der Waals surface area contributed by atoms with Gasteiger partial charge < -0.3 is 0 Å². The highest BCUT2D eigenvalue weighted by molar-refractivity contribution is 7.92. The minimum Gasteiger partial charge on any atom is -0.278 e. The van der Waals surface area contributed by atoms with Crippen molar-refractivity contribution in [3.63, 3.8) is 0 Å². The van der Waals surface area contributed by atoms with Crippen molar-refractivity contribution < 1.29 is 12.8 Å². The molecule has 6 heteroatoms. The fraction of sp³-hybridized carbons (Fsp3) is 0.154. The second-order valence-electron chi connectivity index (χ2n) is 3.99. The number of anilines is 1. The van der Waals surface area contributed by atoms with Gasteiger partial charge in [0.1, 0.15) is 5.82 Å². The molecule has 1 aromatic heterocycles. The van der Waals surface area contributed by atoms with Crippen molar-refractivity contribution in [2.24, 2.45) is 0 Å². The number of aromatic nitrogens is 1. The molecule has 1 aromatic carbocycles. The van der Waals surface area contributed by atoms with Gasteiger partial charge in [-0.1, -0.05) is 19.1 Å². The predicted molar refractivity (Wildman–Crippen MR) is 70.8 cm³/mol. The van der Waals surface area contributed by atoms with Gasteiger partial charge in [0.2, 0.25) is 0 Å². The van der Waals surface area contributed by atoms with E-state index in [2.05, 4.69) is 9.71 Å². The molecule has 4 nitrogen and oxygen atoms in total. The summed E-state index contributed by atoms with van der Waals surface area (Å²) in [7, 11) is -3.71. The molecule has 0 aliphatic rings. The fourth-order valence-electron chi connectivity index (χ4n) is 1.59. The minimum absolute atomic E-state index is 0.0968. The molecule has 0 aliphatic carbocycles. The number of benzene rings is 1. The number of rotatable bonds is 4. The van der Waals surface area contributed by atoms with Crippen LogP contribution in [0.5, 0.6) is 0 Å². The second kappa shape index (κ2) is 5.36. The van der Waals surface area contributed by atoms with Crippen molar-refractivity contribution in [3.8, 4) is 0 Å². The summed E-state index contributed by atoms with van der Waals surface area (Å²) in [5.41, 5.74) is 1.14. The molecule has 0 spiro atoms. The Balaban J connectivity index is 2.27. The summed E-state index contributed by atoms with van der Waals surface area (Å²) in [5, 5.41) is 0. The Kier molecular flexibility index (Phi) is 3.80. The van der Waals surface area contributed by atoms with Crippen molar-refractivity contribution in [1.29, 1.82) is 0 Å². The largest absolute Gasteiger partial charge is 0.278 e. The zero-order chi connectivity index (χ0) is 13.9. The number of sulfonamides is 1. The third-order valence-corrected chi connectivity index (χ3v) is 4.00. The molecule has 0 atom stereocenters. The molecular weight excluding hydrogens is 267 g/mol. The van der Waals surface area contributed by atoms with E-state index in [4.69, 9.17) is 0 Å². The molecule has 0 saturated heterocycles. The first-order valence-corrected chi connectivity index (χ1v) is 7.22.